The van der Waals surface area contributed by atoms with Crippen molar-refractivity contribution in [2.45, 2.75) is 31.8 Å². The molecule has 7 heteroatoms. The molecular weight excluding hydrogens is 319 g/mol. The van der Waals surface area contributed by atoms with E-state index in [2.05, 4.69) is 25.6 Å². The van der Waals surface area contributed by atoms with Crippen molar-refractivity contribution < 1.29 is 4.39 Å². The Morgan fingerprint density at radius 2 is 2.08 bits per heavy atom. The lowest BCUT2D eigenvalue weighted by Crippen LogP contribution is -2.23. The van der Waals surface area contributed by atoms with Crippen LogP contribution in [0.3, 0.4) is 0 Å². The summed E-state index contributed by atoms with van der Waals surface area (Å²) in [7, 11) is 0. The number of fused-ring (bicyclic) bond motifs is 1. The lowest BCUT2D eigenvalue weighted by atomic mass is 10.1. The van der Waals surface area contributed by atoms with Gasteiger partial charge in [0.25, 0.3) is 0 Å². The van der Waals surface area contributed by atoms with E-state index in [0.717, 1.165) is 55.0 Å². The molecule has 0 radical (unpaired) electrons. The van der Waals surface area contributed by atoms with E-state index < -0.39 is 0 Å². The van der Waals surface area contributed by atoms with E-state index in [0.29, 0.717) is 12.6 Å². The van der Waals surface area contributed by atoms with Gasteiger partial charge in [-0.15, -0.1) is 0 Å². The van der Waals surface area contributed by atoms with Crippen LogP contribution in [-0.2, 0) is 6.54 Å². The second-order valence-electron chi connectivity index (χ2n) is 6.40. The largest absolute Gasteiger partial charge is 0.353 e. The van der Waals surface area contributed by atoms with Crippen molar-refractivity contribution in [3.8, 4) is 0 Å². The molecule has 1 unspecified atom stereocenters. The molecule has 1 saturated heterocycles. The summed E-state index contributed by atoms with van der Waals surface area (Å²) in [4.78, 5) is 13.1. The Balaban J connectivity index is 1.66. The summed E-state index contributed by atoms with van der Waals surface area (Å²) in [5.74, 6) is 0.567. The van der Waals surface area contributed by atoms with Crippen LogP contribution in [0.4, 0.5) is 10.3 Å². The molecule has 1 aromatic carbocycles. The van der Waals surface area contributed by atoms with Gasteiger partial charge in [0, 0.05) is 6.04 Å². The summed E-state index contributed by atoms with van der Waals surface area (Å²) in [5.41, 5.74) is 2.55. The first-order valence-electron chi connectivity index (χ1n) is 8.67. The fourth-order valence-corrected chi connectivity index (χ4v) is 3.26. The van der Waals surface area contributed by atoms with Gasteiger partial charge in [-0.1, -0.05) is 12.1 Å². The summed E-state index contributed by atoms with van der Waals surface area (Å²) in [5, 5.41) is 7.00. The first kappa shape index (κ1) is 16.0. The van der Waals surface area contributed by atoms with Crippen LogP contribution in [0.2, 0.25) is 0 Å². The van der Waals surface area contributed by atoms with Crippen LogP contribution < -0.4 is 10.6 Å². The SMILES string of the molecule is Fc1ccc(Cn2c(NC3CCCNCC3)nc3cncnc32)cc1. The first-order valence-corrected chi connectivity index (χ1v) is 8.67. The van der Waals surface area contributed by atoms with Crippen molar-refractivity contribution in [3.05, 3.63) is 48.2 Å². The van der Waals surface area contributed by atoms with Gasteiger partial charge in [-0.25, -0.2) is 19.3 Å². The minimum atomic E-state index is -0.231. The Labute approximate surface area is 145 Å². The zero-order valence-electron chi connectivity index (χ0n) is 14.0. The Morgan fingerprint density at radius 1 is 1.20 bits per heavy atom. The topological polar surface area (TPSA) is 67.7 Å². The molecule has 2 N–H and O–H groups in total. The number of hydrogen-bond donors (Lipinski definition) is 2. The molecule has 0 bridgehead atoms. The van der Waals surface area contributed by atoms with Gasteiger partial charge in [-0.2, -0.15) is 0 Å². The Hall–Kier alpha value is -2.54. The van der Waals surface area contributed by atoms with Gasteiger partial charge in [-0.05, 0) is 50.0 Å². The van der Waals surface area contributed by atoms with Crippen LogP contribution in [0.25, 0.3) is 11.2 Å². The molecule has 130 valence electrons. The van der Waals surface area contributed by atoms with Crippen molar-refractivity contribution in [2.24, 2.45) is 0 Å². The Kier molecular flexibility index (Phi) is 4.56. The number of anilines is 1. The summed E-state index contributed by atoms with van der Waals surface area (Å²) < 4.78 is 15.2. The van der Waals surface area contributed by atoms with Crippen LogP contribution >= 0.6 is 0 Å². The van der Waals surface area contributed by atoms with Gasteiger partial charge in [0.2, 0.25) is 5.95 Å². The maximum Gasteiger partial charge on any atom is 0.205 e. The number of nitrogens with zero attached hydrogens (tertiary/aromatic N) is 4. The predicted molar refractivity (Wildman–Crippen MR) is 95.0 cm³/mol. The molecule has 0 amide bonds. The number of hydrogen-bond acceptors (Lipinski definition) is 5. The van der Waals surface area contributed by atoms with Gasteiger partial charge < -0.3 is 10.6 Å². The monoisotopic (exact) mass is 340 g/mol. The van der Waals surface area contributed by atoms with Crippen LogP contribution in [0.5, 0.6) is 0 Å². The first-order chi connectivity index (χ1) is 12.3. The molecule has 6 nitrogen and oxygen atoms in total. The van der Waals surface area contributed by atoms with Crippen LogP contribution in [-0.4, -0.2) is 38.7 Å². The molecule has 0 saturated carbocycles. The van der Waals surface area contributed by atoms with E-state index in [1.165, 1.54) is 18.5 Å². The van der Waals surface area contributed by atoms with Gasteiger partial charge in [0.15, 0.2) is 5.65 Å². The quantitative estimate of drug-likeness (QED) is 0.764. The Morgan fingerprint density at radius 3 is 2.96 bits per heavy atom. The third-order valence-electron chi connectivity index (χ3n) is 4.57. The number of rotatable bonds is 4. The molecule has 1 aliphatic heterocycles. The van der Waals surface area contributed by atoms with Crippen molar-refractivity contribution in [1.82, 2.24) is 24.8 Å². The fourth-order valence-electron chi connectivity index (χ4n) is 3.26. The van der Waals surface area contributed by atoms with E-state index in [-0.39, 0.29) is 5.82 Å². The molecule has 0 spiro atoms. The molecule has 4 rings (SSSR count). The van der Waals surface area contributed by atoms with E-state index in [9.17, 15) is 4.39 Å². The zero-order valence-corrected chi connectivity index (χ0v) is 14.0. The maximum atomic E-state index is 13.2. The van der Waals surface area contributed by atoms with Crippen molar-refractivity contribution in [1.29, 1.82) is 0 Å². The number of imidazole rings is 1. The van der Waals surface area contributed by atoms with Gasteiger partial charge in [-0.3, -0.25) is 4.57 Å². The van der Waals surface area contributed by atoms with Crippen molar-refractivity contribution in [2.75, 3.05) is 18.4 Å². The second kappa shape index (κ2) is 7.14. The molecule has 25 heavy (non-hydrogen) atoms. The molecular formula is C18H21FN6. The average Bonchev–Trinajstić information content (AvgIpc) is 2.79. The summed E-state index contributed by atoms with van der Waals surface area (Å²) in [6.07, 6.45) is 6.58. The third-order valence-corrected chi connectivity index (χ3v) is 4.57. The van der Waals surface area contributed by atoms with E-state index in [4.69, 9.17) is 0 Å². The van der Waals surface area contributed by atoms with E-state index in [1.54, 1.807) is 18.3 Å². The number of benzene rings is 1. The normalized spacial score (nSPS) is 18.2. The fraction of sp³-hybridized carbons (Fsp3) is 0.389. The van der Waals surface area contributed by atoms with E-state index in [1.807, 2.05) is 4.57 Å². The third kappa shape index (κ3) is 3.61. The van der Waals surface area contributed by atoms with E-state index >= 15 is 0 Å². The summed E-state index contributed by atoms with van der Waals surface area (Å²) in [6, 6.07) is 6.93. The van der Waals surface area contributed by atoms with Crippen LogP contribution in [0.1, 0.15) is 24.8 Å². The minimum absolute atomic E-state index is 0.231. The van der Waals surface area contributed by atoms with Crippen LogP contribution in [0, 0.1) is 5.82 Å². The van der Waals surface area contributed by atoms with Crippen molar-refractivity contribution >= 4 is 17.1 Å². The number of aromatic nitrogens is 4. The lowest BCUT2D eigenvalue weighted by Gasteiger charge is -2.18. The second-order valence-corrected chi connectivity index (χ2v) is 6.40. The molecule has 3 heterocycles. The number of nitrogens with one attached hydrogen (secondary N) is 2. The standard InChI is InChI=1S/C18H21FN6/c19-14-5-3-13(4-6-14)11-25-17-16(10-21-12-22-17)24-18(25)23-15-2-1-8-20-9-7-15/h3-6,10,12,15,20H,1-2,7-9,11H2,(H,23,24). The zero-order chi connectivity index (χ0) is 17.1. The van der Waals surface area contributed by atoms with Gasteiger partial charge in [0.05, 0.1) is 12.7 Å². The minimum Gasteiger partial charge on any atom is -0.353 e. The average molecular weight is 340 g/mol. The smallest absolute Gasteiger partial charge is 0.205 e. The molecule has 1 aliphatic rings. The molecule has 1 fully saturated rings. The summed E-state index contributed by atoms with van der Waals surface area (Å²) >= 11 is 0. The highest BCUT2D eigenvalue weighted by atomic mass is 19.1. The molecule has 3 aromatic rings. The molecule has 2 aromatic heterocycles. The highest BCUT2D eigenvalue weighted by molar-refractivity contribution is 5.73. The maximum absolute atomic E-state index is 13.2. The molecule has 1 atom stereocenters. The van der Waals surface area contributed by atoms with Crippen LogP contribution in [0.15, 0.2) is 36.8 Å². The Bertz CT molecular complexity index is 836. The number of halogens is 1. The predicted octanol–water partition coefficient (Wildman–Crippen LogP) is 2.57. The van der Waals surface area contributed by atoms with Crippen molar-refractivity contribution in [3.63, 3.8) is 0 Å². The lowest BCUT2D eigenvalue weighted by molar-refractivity contribution is 0.622. The highest BCUT2D eigenvalue weighted by Gasteiger charge is 2.17. The highest BCUT2D eigenvalue weighted by Crippen LogP contribution is 2.21. The molecule has 0 aliphatic carbocycles. The van der Waals surface area contributed by atoms with Gasteiger partial charge >= 0.3 is 0 Å². The van der Waals surface area contributed by atoms with Gasteiger partial charge in [0.1, 0.15) is 17.7 Å². The summed E-state index contributed by atoms with van der Waals surface area (Å²) in [6.45, 7) is 2.66.